The number of aliphatic hydroxyl groups excluding tert-OH is 1. The van der Waals surface area contributed by atoms with Crippen molar-refractivity contribution in [3.8, 4) is 5.75 Å². The van der Waals surface area contributed by atoms with E-state index in [0.717, 1.165) is 51.4 Å². The van der Waals surface area contributed by atoms with E-state index in [4.69, 9.17) is 0 Å². The molecule has 5 atom stereocenters. The molecule has 1 aromatic rings. The maximum atomic E-state index is 10.4. The molecule has 5 rings (SSSR count). The molecule has 0 bridgehead atoms. The van der Waals surface area contributed by atoms with Crippen LogP contribution in [0.15, 0.2) is 18.2 Å². The van der Waals surface area contributed by atoms with Gasteiger partial charge in [-0.25, -0.2) is 0 Å². The minimum atomic E-state index is -0.0883. The number of phenols is 1. The summed E-state index contributed by atoms with van der Waals surface area (Å²) in [5.74, 6) is 2.49. The van der Waals surface area contributed by atoms with Crippen LogP contribution in [-0.4, -0.2) is 42.5 Å². The van der Waals surface area contributed by atoms with E-state index in [2.05, 4.69) is 23.6 Å². The molecule has 1 saturated heterocycles. The van der Waals surface area contributed by atoms with Gasteiger partial charge in [0.05, 0.1) is 6.10 Å². The summed E-state index contributed by atoms with van der Waals surface area (Å²) < 4.78 is 0. The fraction of sp³-hybridized carbons (Fsp3) is 0.727. The van der Waals surface area contributed by atoms with Gasteiger partial charge in [0, 0.05) is 26.2 Å². The zero-order chi connectivity index (χ0) is 18.1. The molecular formula is C22H34N2O2. The zero-order valence-electron chi connectivity index (χ0n) is 16.0. The quantitative estimate of drug-likeness (QED) is 0.576. The van der Waals surface area contributed by atoms with E-state index in [1.54, 1.807) is 0 Å². The van der Waals surface area contributed by atoms with Crippen LogP contribution in [0.4, 0.5) is 0 Å². The first-order valence-corrected chi connectivity index (χ1v) is 10.5. The zero-order valence-corrected chi connectivity index (χ0v) is 16.0. The van der Waals surface area contributed by atoms with E-state index in [1.807, 2.05) is 12.1 Å². The minimum Gasteiger partial charge on any atom is -0.508 e. The van der Waals surface area contributed by atoms with Crippen molar-refractivity contribution in [2.45, 2.75) is 57.5 Å². The van der Waals surface area contributed by atoms with Gasteiger partial charge < -0.3 is 20.8 Å². The summed E-state index contributed by atoms with van der Waals surface area (Å²) in [6, 6.07) is 5.96. The highest BCUT2D eigenvalue weighted by atomic mass is 16.3. The van der Waals surface area contributed by atoms with E-state index in [9.17, 15) is 10.2 Å². The number of aromatic hydroxyl groups is 1. The van der Waals surface area contributed by atoms with Gasteiger partial charge in [0.25, 0.3) is 0 Å². The Hall–Kier alpha value is -1.10. The monoisotopic (exact) mass is 358 g/mol. The number of aliphatic hydroxyl groups is 1. The van der Waals surface area contributed by atoms with Crippen molar-refractivity contribution in [3.05, 3.63) is 29.3 Å². The molecular weight excluding hydrogens is 324 g/mol. The van der Waals surface area contributed by atoms with Crippen molar-refractivity contribution in [1.29, 1.82) is 0 Å². The first kappa shape index (κ1) is 18.3. The Balaban J connectivity index is 0.000000240. The molecule has 0 spiro atoms. The number of hydrogen-bond donors (Lipinski definition) is 4. The van der Waals surface area contributed by atoms with Gasteiger partial charge in [-0.3, -0.25) is 0 Å². The molecule has 0 radical (unpaired) electrons. The lowest BCUT2D eigenvalue weighted by Gasteiger charge is -2.50. The standard InChI is InChI=1S/C18H24O2.C4H10N2/c1-18-9-8-14-13-5-3-12(19)10-11(13)2-4-15(14)16(18)6-7-17(18)20;1-2-6-4-3-5-1/h3,5,10,14-17,19-20H,2,4,6-9H2,1H3;5-6H,1-4H2/t14-,15-,16+,17?,18+;/m1./s1. The summed E-state index contributed by atoms with van der Waals surface area (Å²) in [6.45, 7) is 6.87. The van der Waals surface area contributed by atoms with Crippen molar-refractivity contribution >= 4 is 0 Å². The summed E-state index contributed by atoms with van der Waals surface area (Å²) >= 11 is 0. The highest BCUT2D eigenvalue weighted by molar-refractivity contribution is 5.40. The molecule has 0 aromatic heterocycles. The lowest BCUT2D eigenvalue weighted by Crippen LogP contribution is -2.43. The van der Waals surface area contributed by atoms with E-state index in [-0.39, 0.29) is 11.5 Å². The Morgan fingerprint density at radius 2 is 1.73 bits per heavy atom. The van der Waals surface area contributed by atoms with Crippen LogP contribution in [0.1, 0.15) is 56.1 Å². The van der Waals surface area contributed by atoms with Crippen molar-refractivity contribution in [2.75, 3.05) is 26.2 Å². The Morgan fingerprint density at radius 3 is 2.42 bits per heavy atom. The van der Waals surface area contributed by atoms with E-state index >= 15 is 0 Å². The number of rotatable bonds is 0. The van der Waals surface area contributed by atoms with Crippen LogP contribution in [0.2, 0.25) is 0 Å². The van der Waals surface area contributed by atoms with Crippen LogP contribution in [0.5, 0.6) is 5.75 Å². The smallest absolute Gasteiger partial charge is 0.115 e. The molecule has 2 saturated carbocycles. The van der Waals surface area contributed by atoms with Gasteiger partial charge in [-0.15, -0.1) is 0 Å². The third kappa shape index (κ3) is 3.28. The molecule has 144 valence electrons. The molecule has 3 fully saturated rings. The van der Waals surface area contributed by atoms with Crippen LogP contribution < -0.4 is 10.6 Å². The first-order chi connectivity index (χ1) is 12.6. The van der Waals surface area contributed by atoms with E-state index in [0.29, 0.717) is 17.6 Å². The van der Waals surface area contributed by atoms with Crippen LogP contribution in [-0.2, 0) is 6.42 Å². The number of benzene rings is 1. The van der Waals surface area contributed by atoms with Gasteiger partial charge in [0.1, 0.15) is 5.75 Å². The average Bonchev–Trinajstić information content (AvgIpc) is 2.98. The number of phenolic OH excluding ortho intramolecular Hbond substituents is 1. The number of nitrogens with one attached hydrogen (secondary N) is 2. The lowest BCUT2D eigenvalue weighted by molar-refractivity contribution is -0.0226. The number of fused-ring (bicyclic) bond motifs is 5. The largest absolute Gasteiger partial charge is 0.508 e. The molecule has 4 heteroatoms. The molecule has 3 aliphatic carbocycles. The van der Waals surface area contributed by atoms with Crippen molar-refractivity contribution in [1.82, 2.24) is 10.6 Å². The number of aryl methyl sites for hydroxylation is 1. The van der Waals surface area contributed by atoms with Crippen LogP contribution in [0, 0.1) is 17.3 Å². The normalized spacial score (nSPS) is 38.4. The van der Waals surface area contributed by atoms with Gasteiger partial charge in [-0.05, 0) is 85.0 Å². The van der Waals surface area contributed by atoms with Gasteiger partial charge in [0.2, 0.25) is 0 Å². The summed E-state index contributed by atoms with van der Waals surface area (Å²) in [7, 11) is 0. The Bertz CT molecular complexity index is 619. The number of piperazine rings is 1. The van der Waals surface area contributed by atoms with Gasteiger partial charge >= 0.3 is 0 Å². The van der Waals surface area contributed by atoms with Crippen molar-refractivity contribution in [2.24, 2.45) is 17.3 Å². The summed E-state index contributed by atoms with van der Waals surface area (Å²) in [5.41, 5.74) is 2.99. The Kier molecular flexibility index (Phi) is 5.27. The van der Waals surface area contributed by atoms with Crippen LogP contribution >= 0.6 is 0 Å². The fourth-order valence-corrected chi connectivity index (χ4v) is 6.14. The highest BCUT2D eigenvalue weighted by Crippen LogP contribution is 2.60. The lowest BCUT2D eigenvalue weighted by atomic mass is 9.55. The van der Waals surface area contributed by atoms with Crippen LogP contribution in [0.3, 0.4) is 0 Å². The third-order valence-corrected chi connectivity index (χ3v) is 7.62. The minimum absolute atomic E-state index is 0.0883. The molecule has 0 amide bonds. The van der Waals surface area contributed by atoms with Gasteiger partial charge in [0.15, 0.2) is 0 Å². The predicted octanol–water partition coefficient (Wildman–Crippen LogP) is 2.79. The molecule has 4 N–H and O–H groups in total. The molecule has 4 nitrogen and oxygen atoms in total. The molecule has 4 aliphatic rings. The molecule has 1 aliphatic heterocycles. The third-order valence-electron chi connectivity index (χ3n) is 7.62. The second-order valence-corrected chi connectivity index (χ2v) is 8.94. The SMILES string of the molecule is C1CNCCN1.C[C@]12CC[C@@H]3c4ccc(O)cc4CC[C@H]3[C@@H]1CCC2O. The van der Waals surface area contributed by atoms with E-state index in [1.165, 1.54) is 30.4 Å². The Morgan fingerprint density at radius 1 is 1.00 bits per heavy atom. The summed E-state index contributed by atoms with van der Waals surface area (Å²) in [4.78, 5) is 0. The molecule has 1 unspecified atom stereocenters. The summed E-state index contributed by atoms with van der Waals surface area (Å²) in [6.07, 6.45) is 6.78. The second kappa shape index (κ2) is 7.49. The predicted molar refractivity (Wildman–Crippen MR) is 104 cm³/mol. The number of hydrogen-bond acceptors (Lipinski definition) is 4. The average molecular weight is 359 g/mol. The second-order valence-electron chi connectivity index (χ2n) is 8.94. The summed E-state index contributed by atoms with van der Waals surface area (Å²) in [5, 5.41) is 26.5. The van der Waals surface area contributed by atoms with Gasteiger partial charge in [-0.1, -0.05) is 13.0 Å². The maximum absolute atomic E-state index is 10.4. The van der Waals surface area contributed by atoms with Crippen LogP contribution in [0.25, 0.3) is 0 Å². The first-order valence-electron chi connectivity index (χ1n) is 10.5. The fourth-order valence-electron chi connectivity index (χ4n) is 6.14. The molecule has 26 heavy (non-hydrogen) atoms. The van der Waals surface area contributed by atoms with Gasteiger partial charge in [-0.2, -0.15) is 0 Å². The van der Waals surface area contributed by atoms with E-state index < -0.39 is 0 Å². The molecule has 1 heterocycles. The van der Waals surface area contributed by atoms with Crippen molar-refractivity contribution < 1.29 is 10.2 Å². The molecule has 1 aromatic carbocycles. The Labute approximate surface area is 157 Å². The van der Waals surface area contributed by atoms with Crippen molar-refractivity contribution in [3.63, 3.8) is 0 Å². The topological polar surface area (TPSA) is 64.5 Å². The maximum Gasteiger partial charge on any atom is 0.115 e. The highest BCUT2D eigenvalue weighted by Gasteiger charge is 2.54.